The molecule has 13 heavy (non-hydrogen) atoms. The molecule has 1 saturated carbocycles. The first-order valence-electron chi connectivity index (χ1n) is 4.80. The van der Waals surface area contributed by atoms with Crippen molar-refractivity contribution < 1.29 is 0 Å². The van der Waals surface area contributed by atoms with Crippen molar-refractivity contribution in [1.29, 1.82) is 0 Å². The van der Waals surface area contributed by atoms with Gasteiger partial charge in [-0.3, -0.25) is 0 Å². The van der Waals surface area contributed by atoms with E-state index in [1.807, 2.05) is 18.3 Å². The van der Waals surface area contributed by atoms with Crippen molar-refractivity contribution in [2.45, 2.75) is 31.8 Å². The molecule has 1 fully saturated rings. The zero-order chi connectivity index (χ0) is 9.10. The summed E-state index contributed by atoms with van der Waals surface area (Å²) in [7, 11) is 0. The summed E-state index contributed by atoms with van der Waals surface area (Å²) in [4.78, 5) is 4.24. The van der Waals surface area contributed by atoms with Crippen molar-refractivity contribution in [3.63, 3.8) is 0 Å². The number of anilines is 1. The van der Waals surface area contributed by atoms with Crippen LogP contribution in [0.4, 0.5) is 5.82 Å². The second-order valence-corrected chi connectivity index (χ2v) is 3.53. The zero-order valence-corrected chi connectivity index (χ0v) is 7.66. The van der Waals surface area contributed by atoms with E-state index in [0.29, 0.717) is 12.6 Å². The molecule has 1 aromatic heterocycles. The van der Waals surface area contributed by atoms with E-state index in [2.05, 4.69) is 10.3 Å². The highest BCUT2D eigenvalue weighted by Crippen LogP contribution is 2.22. The predicted molar refractivity (Wildman–Crippen MR) is 53.4 cm³/mol. The molecule has 0 radical (unpaired) electrons. The smallest absolute Gasteiger partial charge is 0.126 e. The highest BCUT2D eigenvalue weighted by Gasteiger charge is 2.16. The van der Waals surface area contributed by atoms with Gasteiger partial charge in [-0.1, -0.05) is 0 Å². The van der Waals surface area contributed by atoms with E-state index >= 15 is 0 Å². The molecule has 0 aromatic carbocycles. The second kappa shape index (κ2) is 3.75. The minimum atomic E-state index is 0.585. The first-order chi connectivity index (χ1) is 6.38. The molecule has 70 valence electrons. The van der Waals surface area contributed by atoms with E-state index < -0.39 is 0 Å². The van der Waals surface area contributed by atoms with E-state index in [-0.39, 0.29) is 0 Å². The zero-order valence-electron chi connectivity index (χ0n) is 7.66. The van der Waals surface area contributed by atoms with E-state index in [9.17, 15) is 0 Å². The van der Waals surface area contributed by atoms with Crippen molar-refractivity contribution in [1.82, 2.24) is 4.98 Å². The second-order valence-electron chi connectivity index (χ2n) is 3.53. The normalized spacial score (nSPS) is 16.7. The highest BCUT2D eigenvalue weighted by molar-refractivity contribution is 5.38. The fourth-order valence-corrected chi connectivity index (χ4v) is 1.44. The summed E-state index contributed by atoms with van der Waals surface area (Å²) in [6.45, 7) is 0.585. The maximum absolute atomic E-state index is 5.54. The van der Waals surface area contributed by atoms with Crippen LogP contribution in [0.2, 0.25) is 0 Å². The Morgan fingerprint density at radius 2 is 2.38 bits per heavy atom. The van der Waals surface area contributed by atoms with Gasteiger partial charge in [0.2, 0.25) is 0 Å². The number of pyridine rings is 1. The quantitative estimate of drug-likeness (QED) is 0.735. The molecule has 0 unspecified atom stereocenters. The van der Waals surface area contributed by atoms with Crippen LogP contribution in [0.1, 0.15) is 24.8 Å². The van der Waals surface area contributed by atoms with Gasteiger partial charge in [0.25, 0.3) is 0 Å². The summed E-state index contributed by atoms with van der Waals surface area (Å²) >= 11 is 0. The molecule has 1 aliphatic carbocycles. The highest BCUT2D eigenvalue weighted by atomic mass is 15.0. The lowest BCUT2D eigenvalue weighted by atomic mass is 9.93. The minimum Gasteiger partial charge on any atom is -0.367 e. The van der Waals surface area contributed by atoms with Crippen LogP contribution in [0.15, 0.2) is 18.3 Å². The number of nitrogens with two attached hydrogens (primary N) is 1. The van der Waals surface area contributed by atoms with Crippen LogP contribution in [0.3, 0.4) is 0 Å². The van der Waals surface area contributed by atoms with Gasteiger partial charge >= 0.3 is 0 Å². The fourth-order valence-electron chi connectivity index (χ4n) is 1.44. The molecule has 0 bridgehead atoms. The average molecular weight is 177 g/mol. The molecule has 1 aromatic rings. The third-order valence-corrected chi connectivity index (χ3v) is 2.52. The van der Waals surface area contributed by atoms with Gasteiger partial charge in [-0.15, -0.1) is 0 Å². The van der Waals surface area contributed by atoms with Gasteiger partial charge in [0.15, 0.2) is 0 Å². The molecule has 0 saturated heterocycles. The monoisotopic (exact) mass is 177 g/mol. The van der Waals surface area contributed by atoms with Gasteiger partial charge in [0, 0.05) is 18.8 Å². The average Bonchev–Trinajstić information content (AvgIpc) is 2.12. The van der Waals surface area contributed by atoms with E-state index in [1.54, 1.807) is 0 Å². The first kappa shape index (κ1) is 8.51. The van der Waals surface area contributed by atoms with Crippen LogP contribution >= 0.6 is 0 Å². The largest absolute Gasteiger partial charge is 0.367 e. The molecule has 3 heteroatoms. The van der Waals surface area contributed by atoms with Gasteiger partial charge < -0.3 is 11.1 Å². The van der Waals surface area contributed by atoms with E-state index in [1.165, 1.54) is 19.3 Å². The number of nitrogens with zero attached hydrogens (tertiary/aromatic N) is 1. The summed E-state index contributed by atoms with van der Waals surface area (Å²) in [5, 5.41) is 3.39. The SMILES string of the molecule is NCc1ccnc(NC2CCC2)c1. The van der Waals surface area contributed by atoms with Crippen LogP contribution in [0, 0.1) is 0 Å². The lowest BCUT2D eigenvalue weighted by Gasteiger charge is -2.26. The van der Waals surface area contributed by atoms with Crippen molar-refractivity contribution in [3.8, 4) is 0 Å². The van der Waals surface area contributed by atoms with Crippen molar-refractivity contribution in [2.75, 3.05) is 5.32 Å². The summed E-state index contributed by atoms with van der Waals surface area (Å²) in [6, 6.07) is 4.62. The Bertz CT molecular complexity index is 281. The van der Waals surface area contributed by atoms with E-state index in [4.69, 9.17) is 5.73 Å². The number of nitrogens with one attached hydrogen (secondary N) is 1. The van der Waals surface area contributed by atoms with Crippen molar-refractivity contribution in [3.05, 3.63) is 23.9 Å². The number of hydrogen-bond donors (Lipinski definition) is 2. The van der Waals surface area contributed by atoms with Crippen LogP contribution < -0.4 is 11.1 Å². The minimum absolute atomic E-state index is 0.585. The summed E-state index contributed by atoms with van der Waals surface area (Å²) < 4.78 is 0. The molecule has 0 atom stereocenters. The molecule has 3 nitrogen and oxygen atoms in total. The molecule has 0 spiro atoms. The fraction of sp³-hybridized carbons (Fsp3) is 0.500. The van der Waals surface area contributed by atoms with Gasteiger partial charge in [-0.25, -0.2) is 4.98 Å². The van der Waals surface area contributed by atoms with Crippen LogP contribution in [0.25, 0.3) is 0 Å². The molecule has 0 amide bonds. The standard InChI is InChI=1S/C10H15N3/c11-7-8-4-5-12-10(6-8)13-9-2-1-3-9/h4-6,9H,1-3,7,11H2,(H,12,13). The molecule has 3 N–H and O–H groups in total. The Kier molecular flexibility index (Phi) is 2.45. The molecular weight excluding hydrogens is 162 g/mol. The lowest BCUT2D eigenvalue weighted by molar-refractivity contribution is 0.444. The molecule has 1 heterocycles. The Balaban J connectivity index is 2.01. The van der Waals surface area contributed by atoms with Crippen molar-refractivity contribution in [2.24, 2.45) is 5.73 Å². The van der Waals surface area contributed by atoms with Gasteiger partial charge in [-0.05, 0) is 37.0 Å². The van der Waals surface area contributed by atoms with Gasteiger partial charge in [-0.2, -0.15) is 0 Å². The Morgan fingerprint density at radius 1 is 1.54 bits per heavy atom. The topological polar surface area (TPSA) is 50.9 Å². The molecule has 1 aliphatic rings. The Hall–Kier alpha value is -1.09. The van der Waals surface area contributed by atoms with Crippen molar-refractivity contribution >= 4 is 5.82 Å². The molecular formula is C10H15N3. The third-order valence-electron chi connectivity index (χ3n) is 2.52. The van der Waals surface area contributed by atoms with Gasteiger partial charge in [0.05, 0.1) is 0 Å². The Morgan fingerprint density at radius 3 is 3.00 bits per heavy atom. The number of rotatable bonds is 3. The molecule has 2 rings (SSSR count). The molecule has 0 aliphatic heterocycles. The summed E-state index contributed by atoms with van der Waals surface area (Å²) in [5.74, 6) is 0.965. The predicted octanol–water partition coefficient (Wildman–Crippen LogP) is 1.50. The summed E-state index contributed by atoms with van der Waals surface area (Å²) in [5.41, 5.74) is 6.68. The van der Waals surface area contributed by atoms with Crippen LogP contribution in [0.5, 0.6) is 0 Å². The lowest BCUT2D eigenvalue weighted by Crippen LogP contribution is -2.27. The van der Waals surface area contributed by atoms with Crippen LogP contribution in [-0.2, 0) is 6.54 Å². The Labute approximate surface area is 78.4 Å². The maximum atomic E-state index is 5.54. The maximum Gasteiger partial charge on any atom is 0.126 e. The van der Waals surface area contributed by atoms with E-state index in [0.717, 1.165) is 11.4 Å². The van der Waals surface area contributed by atoms with Crippen LogP contribution in [-0.4, -0.2) is 11.0 Å². The third kappa shape index (κ3) is 1.98. The summed E-state index contributed by atoms with van der Waals surface area (Å²) in [6.07, 6.45) is 5.69. The number of hydrogen-bond acceptors (Lipinski definition) is 3. The first-order valence-corrected chi connectivity index (χ1v) is 4.80. The van der Waals surface area contributed by atoms with Gasteiger partial charge in [0.1, 0.15) is 5.82 Å². The number of aromatic nitrogens is 1.